The molecule has 152 valence electrons. The van der Waals surface area contributed by atoms with Crippen LogP contribution in [0.1, 0.15) is 13.3 Å². The molecule has 0 bridgehead atoms. The molecular weight excluding hydrogens is 350 g/mol. The second-order valence-corrected chi connectivity index (χ2v) is 6.91. The van der Waals surface area contributed by atoms with Gasteiger partial charge in [0.05, 0.1) is 18.2 Å². The molecule has 1 saturated carbocycles. The molecule has 2 rings (SSSR count). The summed E-state index contributed by atoms with van der Waals surface area (Å²) in [4.78, 5) is 0. The van der Waals surface area contributed by atoms with Gasteiger partial charge in [-0.15, -0.1) is 0 Å². The number of ether oxygens (including phenoxy) is 2. The summed E-state index contributed by atoms with van der Waals surface area (Å²) in [6, 6.07) is -2.67. The van der Waals surface area contributed by atoms with Crippen LogP contribution in [0.4, 0.5) is 0 Å². The average molecular weight is 379 g/mol. The zero-order valence-corrected chi connectivity index (χ0v) is 14.3. The summed E-state index contributed by atoms with van der Waals surface area (Å²) in [7, 11) is 0. The van der Waals surface area contributed by atoms with E-state index in [1.807, 2.05) is 0 Å². The third kappa shape index (κ3) is 4.24. The molecular formula is C14H29N5O7. The predicted octanol–water partition coefficient (Wildman–Crippen LogP) is -5.17. The molecule has 0 aromatic carbocycles. The summed E-state index contributed by atoms with van der Waals surface area (Å²) < 4.78 is 11.1. The summed E-state index contributed by atoms with van der Waals surface area (Å²) in [5.41, 5.74) is 17.1. The van der Waals surface area contributed by atoms with Gasteiger partial charge in [0, 0.05) is 6.04 Å². The molecule has 26 heavy (non-hydrogen) atoms. The Balaban J connectivity index is 2.10. The normalized spacial score (nSPS) is 48.0. The third-order valence-corrected chi connectivity index (χ3v) is 4.84. The maximum Gasteiger partial charge on any atom is 0.186 e. The SMILES string of the molecule is C[C@@H](O)C1O[C@H](O[C@@H]2C(N)CC(NC(=N)N)[C@@H](O)[C@H]2O)[C@@H](N)[C@H](O)[C@@H]1O. The molecule has 0 aromatic heterocycles. The number of rotatable bonds is 4. The van der Waals surface area contributed by atoms with Crippen molar-refractivity contribution in [2.45, 2.75) is 80.5 Å². The Morgan fingerprint density at radius 2 is 1.77 bits per heavy atom. The van der Waals surface area contributed by atoms with Gasteiger partial charge in [-0.25, -0.2) is 0 Å². The van der Waals surface area contributed by atoms with Gasteiger partial charge in [0.2, 0.25) is 0 Å². The molecule has 2 fully saturated rings. The van der Waals surface area contributed by atoms with Crippen LogP contribution in [0.2, 0.25) is 0 Å². The molecule has 0 aromatic rings. The van der Waals surface area contributed by atoms with Gasteiger partial charge in [0.15, 0.2) is 12.2 Å². The average Bonchev–Trinajstić information content (AvgIpc) is 2.55. The van der Waals surface area contributed by atoms with E-state index in [9.17, 15) is 25.5 Å². The second kappa shape index (κ2) is 8.29. The Hall–Kier alpha value is -1.09. The van der Waals surface area contributed by atoms with Gasteiger partial charge in [-0.05, 0) is 13.3 Å². The second-order valence-electron chi connectivity index (χ2n) is 6.91. The molecule has 0 spiro atoms. The van der Waals surface area contributed by atoms with E-state index >= 15 is 0 Å². The predicted molar refractivity (Wildman–Crippen MR) is 88.6 cm³/mol. The van der Waals surface area contributed by atoms with Crippen LogP contribution in [-0.2, 0) is 9.47 Å². The molecule has 1 saturated heterocycles. The standard InChI is InChI=1S/C14H29N5O7/c1-3(20)11-10(24)8(22)6(16)13(25-11)26-12-4(15)2-5(19-14(17)18)7(21)9(12)23/h3-13,20-24H,2,15-16H2,1H3,(H4,17,18,19)/t3-,4?,5?,6+,7-,8+,9-,10+,11?,12-,13-/m1/s1. The van der Waals surface area contributed by atoms with Crippen molar-refractivity contribution < 1.29 is 35.0 Å². The van der Waals surface area contributed by atoms with E-state index in [4.69, 9.17) is 32.1 Å². The van der Waals surface area contributed by atoms with Crippen LogP contribution in [0.15, 0.2) is 0 Å². The maximum absolute atomic E-state index is 10.3. The number of nitrogens with two attached hydrogens (primary N) is 3. The zero-order chi connectivity index (χ0) is 19.8. The quantitative estimate of drug-likeness (QED) is 0.164. The largest absolute Gasteiger partial charge is 0.391 e. The lowest BCUT2D eigenvalue weighted by molar-refractivity contribution is -0.301. The van der Waals surface area contributed by atoms with Gasteiger partial charge in [0.25, 0.3) is 0 Å². The van der Waals surface area contributed by atoms with Crippen molar-refractivity contribution in [3.8, 4) is 0 Å². The molecule has 1 aliphatic heterocycles. The van der Waals surface area contributed by atoms with E-state index in [1.54, 1.807) is 0 Å². The van der Waals surface area contributed by atoms with Gasteiger partial charge < -0.3 is 57.5 Å². The molecule has 13 N–H and O–H groups in total. The fraction of sp³-hybridized carbons (Fsp3) is 0.929. The number of aliphatic hydroxyl groups is 5. The molecule has 0 radical (unpaired) electrons. The van der Waals surface area contributed by atoms with Crippen molar-refractivity contribution in [1.82, 2.24) is 5.32 Å². The Kier molecular flexibility index (Phi) is 6.76. The van der Waals surface area contributed by atoms with Gasteiger partial charge in [0.1, 0.15) is 36.6 Å². The van der Waals surface area contributed by atoms with Crippen molar-refractivity contribution in [2.24, 2.45) is 17.2 Å². The smallest absolute Gasteiger partial charge is 0.186 e. The molecule has 0 amide bonds. The van der Waals surface area contributed by atoms with E-state index < -0.39 is 67.1 Å². The Morgan fingerprint density at radius 1 is 1.15 bits per heavy atom. The van der Waals surface area contributed by atoms with Crippen LogP contribution in [0, 0.1) is 5.41 Å². The Labute approximate surface area is 150 Å². The lowest BCUT2D eigenvalue weighted by Gasteiger charge is -2.46. The van der Waals surface area contributed by atoms with E-state index in [0.29, 0.717) is 0 Å². The van der Waals surface area contributed by atoms with Gasteiger partial charge >= 0.3 is 0 Å². The highest BCUT2D eigenvalue weighted by Crippen LogP contribution is 2.28. The minimum atomic E-state index is -1.44. The van der Waals surface area contributed by atoms with Crippen molar-refractivity contribution in [3.63, 3.8) is 0 Å². The molecule has 12 nitrogen and oxygen atoms in total. The highest BCUT2D eigenvalue weighted by Gasteiger charge is 2.49. The maximum atomic E-state index is 10.3. The fourth-order valence-electron chi connectivity index (χ4n) is 3.36. The first-order valence-electron chi connectivity index (χ1n) is 8.37. The first-order valence-corrected chi connectivity index (χ1v) is 8.37. The Bertz CT molecular complexity index is 498. The highest BCUT2D eigenvalue weighted by molar-refractivity contribution is 5.74. The van der Waals surface area contributed by atoms with Crippen LogP contribution in [-0.4, -0.2) is 98.6 Å². The first-order chi connectivity index (χ1) is 12.0. The zero-order valence-electron chi connectivity index (χ0n) is 14.3. The number of hydrogen-bond acceptors (Lipinski definition) is 10. The summed E-state index contributed by atoms with van der Waals surface area (Å²) >= 11 is 0. The molecule has 12 heteroatoms. The lowest BCUT2D eigenvalue weighted by Crippen LogP contribution is -2.68. The fourth-order valence-corrected chi connectivity index (χ4v) is 3.36. The van der Waals surface area contributed by atoms with Crippen molar-refractivity contribution in [1.29, 1.82) is 5.41 Å². The van der Waals surface area contributed by atoms with E-state index in [1.165, 1.54) is 6.92 Å². The lowest BCUT2D eigenvalue weighted by atomic mass is 9.84. The molecule has 11 atom stereocenters. The molecule has 2 aliphatic rings. The summed E-state index contributed by atoms with van der Waals surface area (Å²) in [6.07, 6.45) is -10.1. The van der Waals surface area contributed by atoms with Crippen molar-refractivity contribution >= 4 is 5.96 Å². The molecule has 1 aliphatic carbocycles. The molecule has 3 unspecified atom stereocenters. The number of guanidine groups is 1. The highest BCUT2D eigenvalue weighted by atomic mass is 16.7. The number of hydrogen-bond donors (Lipinski definition) is 10. The van der Waals surface area contributed by atoms with Crippen molar-refractivity contribution in [2.75, 3.05) is 0 Å². The van der Waals surface area contributed by atoms with Crippen LogP contribution in [0.25, 0.3) is 0 Å². The van der Waals surface area contributed by atoms with E-state index in [0.717, 1.165) is 0 Å². The monoisotopic (exact) mass is 379 g/mol. The summed E-state index contributed by atoms with van der Waals surface area (Å²) in [5, 5.41) is 60.0. The third-order valence-electron chi connectivity index (χ3n) is 4.84. The van der Waals surface area contributed by atoms with E-state index in [2.05, 4.69) is 5.32 Å². The van der Waals surface area contributed by atoms with Crippen LogP contribution in [0.3, 0.4) is 0 Å². The number of aliphatic hydroxyl groups excluding tert-OH is 5. The van der Waals surface area contributed by atoms with Crippen LogP contribution >= 0.6 is 0 Å². The Morgan fingerprint density at radius 3 is 2.31 bits per heavy atom. The minimum absolute atomic E-state index is 0.134. The van der Waals surface area contributed by atoms with Crippen molar-refractivity contribution in [3.05, 3.63) is 0 Å². The van der Waals surface area contributed by atoms with Gasteiger partial charge in [-0.1, -0.05) is 0 Å². The van der Waals surface area contributed by atoms with Crippen LogP contribution < -0.4 is 22.5 Å². The summed E-state index contributed by atoms with van der Waals surface area (Å²) in [5.74, 6) is -0.373. The number of nitrogens with one attached hydrogen (secondary N) is 2. The van der Waals surface area contributed by atoms with E-state index in [-0.39, 0.29) is 12.4 Å². The summed E-state index contributed by atoms with van der Waals surface area (Å²) in [6.45, 7) is 1.37. The first kappa shape index (κ1) is 21.2. The van der Waals surface area contributed by atoms with Gasteiger partial charge in [-0.2, -0.15) is 0 Å². The molecule has 1 heterocycles. The van der Waals surface area contributed by atoms with Gasteiger partial charge in [-0.3, -0.25) is 5.41 Å². The topological polar surface area (TPSA) is 234 Å². The minimum Gasteiger partial charge on any atom is -0.391 e. The van der Waals surface area contributed by atoms with Crippen LogP contribution in [0.5, 0.6) is 0 Å².